The van der Waals surface area contributed by atoms with Crippen LogP contribution in [-0.4, -0.2) is 32.1 Å². The van der Waals surface area contributed by atoms with Crippen molar-refractivity contribution in [1.82, 2.24) is 10.6 Å². The molecule has 2 N–H and O–H groups in total. The van der Waals surface area contributed by atoms with Crippen molar-refractivity contribution < 1.29 is 4.79 Å². The average molecular weight is 342 g/mol. The Morgan fingerprint density at radius 3 is 2.65 bits per heavy atom. The Kier molecular flexibility index (Phi) is 7.02. The van der Waals surface area contributed by atoms with E-state index in [2.05, 4.69) is 50.5 Å². The van der Waals surface area contributed by atoms with Gasteiger partial charge in [0.25, 0.3) is 0 Å². The Morgan fingerprint density at radius 1 is 1.40 bits per heavy atom. The second-order valence-electron chi connectivity index (χ2n) is 5.04. The third kappa shape index (κ3) is 5.13. The molecule has 0 aliphatic rings. The highest BCUT2D eigenvalue weighted by Crippen LogP contribution is 2.24. The number of nitrogens with zero attached hydrogens (tertiary/aromatic N) is 1. The first kappa shape index (κ1) is 17.0. The summed E-state index contributed by atoms with van der Waals surface area (Å²) in [6.45, 7) is 7.96. The van der Waals surface area contributed by atoms with Crippen molar-refractivity contribution >= 4 is 27.5 Å². The summed E-state index contributed by atoms with van der Waals surface area (Å²) in [5.74, 6) is 0.0557. The molecule has 0 bridgehead atoms. The molecule has 0 saturated heterocycles. The zero-order valence-corrected chi connectivity index (χ0v) is 14.3. The van der Waals surface area contributed by atoms with E-state index >= 15 is 0 Å². The summed E-state index contributed by atoms with van der Waals surface area (Å²) >= 11 is 3.50. The lowest BCUT2D eigenvalue weighted by Gasteiger charge is -2.26. The van der Waals surface area contributed by atoms with Crippen molar-refractivity contribution in [2.45, 2.75) is 33.4 Å². The first-order valence-corrected chi connectivity index (χ1v) is 7.74. The molecule has 0 saturated carbocycles. The van der Waals surface area contributed by atoms with Crippen LogP contribution in [0.3, 0.4) is 0 Å². The van der Waals surface area contributed by atoms with Gasteiger partial charge in [-0.2, -0.15) is 0 Å². The lowest BCUT2D eigenvalue weighted by Crippen LogP contribution is -2.40. The molecule has 1 amide bonds. The highest BCUT2D eigenvalue weighted by molar-refractivity contribution is 9.10. The monoisotopic (exact) mass is 341 g/mol. The number of anilines is 1. The van der Waals surface area contributed by atoms with Gasteiger partial charge in [0.15, 0.2) is 0 Å². The smallest absolute Gasteiger partial charge is 0.239 e. The standard InChI is InChI=1S/C15H24BrN3O/c1-5-19(10-15(20)18-11(2)3)14-7-6-13(16)8-12(14)9-17-4/h6-8,11,17H,5,9-10H2,1-4H3,(H,18,20). The van der Waals surface area contributed by atoms with E-state index in [0.29, 0.717) is 6.54 Å². The molecule has 5 heteroatoms. The molecule has 0 aliphatic heterocycles. The van der Waals surface area contributed by atoms with E-state index in [4.69, 9.17) is 0 Å². The molecule has 112 valence electrons. The maximum atomic E-state index is 12.0. The predicted octanol–water partition coefficient (Wildman–Crippen LogP) is 2.52. The van der Waals surface area contributed by atoms with Gasteiger partial charge in [-0.3, -0.25) is 4.79 Å². The lowest BCUT2D eigenvalue weighted by atomic mass is 10.1. The van der Waals surface area contributed by atoms with Crippen LogP contribution in [0.1, 0.15) is 26.3 Å². The molecule has 0 aliphatic carbocycles. The van der Waals surface area contributed by atoms with Crippen LogP contribution >= 0.6 is 15.9 Å². The topological polar surface area (TPSA) is 44.4 Å². The fraction of sp³-hybridized carbons (Fsp3) is 0.533. The van der Waals surface area contributed by atoms with Crippen LogP contribution in [0.25, 0.3) is 0 Å². The summed E-state index contributed by atoms with van der Waals surface area (Å²) in [4.78, 5) is 14.0. The lowest BCUT2D eigenvalue weighted by molar-refractivity contribution is -0.120. The van der Waals surface area contributed by atoms with Crippen molar-refractivity contribution in [1.29, 1.82) is 0 Å². The second kappa shape index (κ2) is 8.27. The van der Waals surface area contributed by atoms with Gasteiger partial charge in [0.05, 0.1) is 6.54 Å². The van der Waals surface area contributed by atoms with Gasteiger partial charge >= 0.3 is 0 Å². The summed E-state index contributed by atoms with van der Waals surface area (Å²) in [5.41, 5.74) is 2.28. The average Bonchev–Trinajstić information content (AvgIpc) is 2.36. The molecule has 1 rings (SSSR count). The predicted molar refractivity (Wildman–Crippen MR) is 88.1 cm³/mol. The van der Waals surface area contributed by atoms with Gasteiger partial charge in [0.2, 0.25) is 5.91 Å². The Balaban J connectivity index is 2.91. The zero-order chi connectivity index (χ0) is 15.1. The van der Waals surface area contributed by atoms with Crippen molar-refractivity contribution in [3.63, 3.8) is 0 Å². The zero-order valence-electron chi connectivity index (χ0n) is 12.7. The van der Waals surface area contributed by atoms with Gasteiger partial charge in [-0.15, -0.1) is 0 Å². The largest absolute Gasteiger partial charge is 0.362 e. The summed E-state index contributed by atoms with van der Waals surface area (Å²) in [5, 5.41) is 6.10. The number of rotatable bonds is 7. The molecule has 4 nitrogen and oxygen atoms in total. The summed E-state index contributed by atoms with van der Waals surface area (Å²) < 4.78 is 1.05. The molecular weight excluding hydrogens is 318 g/mol. The van der Waals surface area contributed by atoms with Gasteiger partial charge < -0.3 is 15.5 Å². The molecule has 0 spiro atoms. The highest BCUT2D eigenvalue weighted by Gasteiger charge is 2.14. The van der Waals surface area contributed by atoms with Crippen molar-refractivity contribution in [2.24, 2.45) is 0 Å². The van der Waals surface area contributed by atoms with Crippen molar-refractivity contribution in [3.8, 4) is 0 Å². The van der Waals surface area contributed by atoms with Crippen LogP contribution in [-0.2, 0) is 11.3 Å². The Morgan fingerprint density at radius 2 is 2.10 bits per heavy atom. The molecule has 1 aromatic carbocycles. The van der Waals surface area contributed by atoms with Crippen molar-refractivity contribution in [2.75, 3.05) is 25.0 Å². The van der Waals surface area contributed by atoms with E-state index in [-0.39, 0.29) is 11.9 Å². The van der Waals surface area contributed by atoms with Crippen LogP contribution in [0.15, 0.2) is 22.7 Å². The van der Waals surface area contributed by atoms with Crippen LogP contribution in [0.2, 0.25) is 0 Å². The van der Waals surface area contributed by atoms with E-state index in [1.54, 1.807) is 0 Å². The molecule has 0 aromatic heterocycles. The minimum absolute atomic E-state index is 0.0557. The van der Waals surface area contributed by atoms with E-state index in [9.17, 15) is 4.79 Å². The Hall–Kier alpha value is -1.07. The quantitative estimate of drug-likeness (QED) is 0.800. The fourth-order valence-electron chi connectivity index (χ4n) is 2.10. The number of hydrogen-bond acceptors (Lipinski definition) is 3. The Bertz CT molecular complexity index is 449. The molecule has 0 atom stereocenters. The van der Waals surface area contributed by atoms with Crippen LogP contribution < -0.4 is 15.5 Å². The van der Waals surface area contributed by atoms with Crippen LogP contribution in [0, 0.1) is 0 Å². The third-order valence-electron chi connectivity index (χ3n) is 2.92. The van der Waals surface area contributed by atoms with E-state index in [1.807, 2.05) is 27.0 Å². The van der Waals surface area contributed by atoms with Gasteiger partial charge in [0.1, 0.15) is 0 Å². The van der Waals surface area contributed by atoms with E-state index < -0.39 is 0 Å². The van der Waals surface area contributed by atoms with Gasteiger partial charge in [-0.25, -0.2) is 0 Å². The number of carbonyl (C=O) groups excluding carboxylic acids is 1. The second-order valence-corrected chi connectivity index (χ2v) is 5.96. The molecule has 0 radical (unpaired) electrons. The minimum Gasteiger partial charge on any atom is -0.362 e. The fourth-order valence-corrected chi connectivity index (χ4v) is 2.51. The molecule has 1 aromatic rings. The number of hydrogen-bond donors (Lipinski definition) is 2. The van der Waals surface area contributed by atoms with Gasteiger partial charge in [-0.05, 0) is 51.6 Å². The van der Waals surface area contributed by atoms with E-state index in [0.717, 1.165) is 23.2 Å². The number of carbonyl (C=O) groups is 1. The summed E-state index contributed by atoms with van der Waals surface area (Å²) in [6.07, 6.45) is 0. The molecular formula is C15H24BrN3O. The SMILES string of the molecule is CCN(CC(=O)NC(C)C)c1ccc(Br)cc1CNC. The number of amides is 1. The van der Waals surface area contributed by atoms with E-state index in [1.165, 1.54) is 5.56 Å². The summed E-state index contributed by atoms with van der Waals surface area (Å²) in [6, 6.07) is 6.33. The Labute approximate surface area is 130 Å². The highest BCUT2D eigenvalue weighted by atomic mass is 79.9. The molecule has 20 heavy (non-hydrogen) atoms. The number of benzene rings is 1. The maximum absolute atomic E-state index is 12.0. The van der Waals surface area contributed by atoms with Crippen molar-refractivity contribution in [3.05, 3.63) is 28.2 Å². The first-order chi connectivity index (χ1) is 9.47. The van der Waals surface area contributed by atoms with Crippen LogP contribution in [0.5, 0.6) is 0 Å². The number of nitrogens with one attached hydrogen (secondary N) is 2. The third-order valence-corrected chi connectivity index (χ3v) is 3.41. The molecule has 0 fully saturated rings. The van der Waals surface area contributed by atoms with Gasteiger partial charge in [0, 0.05) is 29.3 Å². The minimum atomic E-state index is 0.0557. The first-order valence-electron chi connectivity index (χ1n) is 6.95. The van der Waals surface area contributed by atoms with Gasteiger partial charge in [-0.1, -0.05) is 15.9 Å². The number of likely N-dealkylation sites (N-methyl/N-ethyl adjacent to an activating group) is 1. The molecule has 0 heterocycles. The maximum Gasteiger partial charge on any atom is 0.239 e. The summed E-state index contributed by atoms with van der Waals surface area (Å²) in [7, 11) is 1.92. The molecule has 0 unspecified atom stereocenters. The normalized spacial score (nSPS) is 10.7. The van der Waals surface area contributed by atoms with Crippen LogP contribution in [0.4, 0.5) is 5.69 Å². The number of halogens is 1.